The van der Waals surface area contributed by atoms with E-state index in [9.17, 15) is 0 Å². The molecule has 0 unspecified atom stereocenters. The van der Waals surface area contributed by atoms with E-state index in [-0.39, 0.29) is 24.0 Å². The summed E-state index contributed by atoms with van der Waals surface area (Å²) >= 11 is 0. The van der Waals surface area contributed by atoms with Crippen molar-refractivity contribution in [1.82, 2.24) is 20.5 Å². The second-order valence-corrected chi connectivity index (χ2v) is 6.96. The van der Waals surface area contributed by atoms with Crippen LogP contribution in [-0.2, 0) is 6.54 Å². The van der Waals surface area contributed by atoms with E-state index in [4.69, 9.17) is 0 Å². The minimum absolute atomic E-state index is 0. The summed E-state index contributed by atoms with van der Waals surface area (Å²) in [6, 6.07) is 6.54. The van der Waals surface area contributed by atoms with Gasteiger partial charge in [-0.15, -0.1) is 24.0 Å². The summed E-state index contributed by atoms with van der Waals surface area (Å²) < 4.78 is 0. The van der Waals surface area contributed by atoms with Crippen LogP contribution in [0.1, 0.15) is 25.5 Å². The zero-order chi connectivity index (χ0) is 18.2. The minimum atomic E-state index is 0. The molecule has 0 aromatic carbocycles. The lowest BCUT2D eigenvalue weighted by atomic mass is 10.0. The fraction of sp³-hybridized carbons (Fsp3) is 0.579. The van der Waals surface area contributed by atoms with Crippen LogP contribution in [0.15, 0.2) is 35.3 Å². The van der Waals surface area contributed by atoms with Crippen molar-refractivity contribution in [3.63, 3.8) is 0 Å². The first kappa shape index (κ1) is 22.7. The number of pyridine rings is 1. The van der Waals surface area contributed by atoms with Crippen LogP contribution < -0.4 is 15.5 Å². The van der Waals surface area contributed by atoms with Crippen molar-refractivity contribution in [1.29, 1.82) is 0 Å². The number of anilines is 1. The highest BCUT2D eigenvalue weighted by Crippen LogP contribution is 2.11. The maximum atomic E-state index is 4.63. The Bertz CT molecular complexity index is 593. The fourth-order valence-electron chi connectivity index (χ4n) is 2.99. The molecule has 0 bridgehead atoms. The molecule has 0 amide bonds. The van der Waals surface area contributed by atoms with E-state index in [1.807, 2.05) is 44.2 Å². The molecular formula is C19H33IN6. The van der Waals surface area contributed by atoms with Gasteiger partial charge in [0.05, 0.1) is 12.2 Å². The Labute approximate surface area is 175 Å². The Balaban J connectivity index is 0.00000338. The van der Waals surface area contributed by atoms with Crippen LogP contribution in [0.4, 0.5) is 5.82 Å². The molecule has 6 nitrogen and oxygen atoms in total. The summed E-state index contributed by atoms with van der Waals surface area (Å²) in [5.74, 6) is 1.81. The molecule has 0 atom stereocenters. The molecule has 1 aromatic heterocycles. The lowest BCUT2D eigenvalue weighted by molar-refractivity contribution is 0.221. The standard InChI is InChI=1S/C19H32N6.HI/c1-15(2)14-25-11-9-16(10-12-25)23-19(20-3)21-13-17-7-6-8-18(22-17)24(4)5;/h6-8,16H,1,9-14H2,2-5H3,(H2,20,21,23);1H. The molecule has 2 N–H and O–H groups in total. The van der Waals surface area contributed by atoms with Gasteiger partial charge in [0.1, 0.15) is 5.82 Å². The van der Waals surface area contributed by atoms with E-state index in [0.29, 0.717) is 12.6 Å². The van der Waals surface area contributed by atoms with Crippen molar-refractivity contribution < 1.29 is 0 Å². The van der Waals surface area contributed by atoms with E-state index >= 15 is 0 Å². The second kappa shape index (κ2) is 11.4. The van der Waals surface area contributed by atoms with E-state index in [2.05, 4.69) is 39.0 Å². The van der Waals surface area contributed by atoms with Crippen molar-refractivity contribution >= 4 is 35.8 Å². The zero-order valence-electron chi connectivity index (χ0n) is 16.5. The van der Waals surface area contributed by atoms with Gasteiger partial charge in [0.2, 0.25) is 0 Å². The van der Waals surface area contributed by atoms with Crippen LogP contribution >= 0.6 is 24.0 Å². The summed E-state index contributed by atoms with van der Waals surface area (Å²) in [5.41, 5.74) is 2.24. The molecule has 7 heteroatoms. The summed E-state index contributed by atoms with van der Waals surface area (Å²) in [6.07, 6.45) is 2.25. The Hall–Kier alpha value is -1.35. The van der Waals surface area contributed by atoms with Crippen LogP contribution in [0.25, 0.3) is 0 Å². The molecule has 1 aliphatic rings. The van der Waals surface area contributed by atoms with E-state index in [1.54, 1.807) is 0 Å². The molecular weight excluding hydrogens is 439 g/mol. The van der Waals surface area contributed by atoms with E-state index in [1.165, 1.54) is 5.57 Å². The maximum absolute atomic E-state index is 4.63. The number of hydrogen-bond donors (Lipinski definition) is 2. The third-order valence-corrected chi connectivity index (χ3v) is 4.33. The van der Waals surface area contributed by atoms with Gasteiger partial charge in [0.15, 0.2) is 5.96 Å². The predicted molar refractivity (Wildman–Crippen MR) is 122 cm³/mol. The number of hydrogen-bond acceptors (Lipinski definition) is 4. The summed E-state index contributed by atoms with van der Waals surface area (Å²) in [5, 5.41) is 6.91. The number of likely N-dealkylation sites (tertiary alicyclic amines) is 1. The maximum Gasteiger partial charge on any atom is 0.191 e. The fourth-order valence-corrected chi connectivity index (χ4v) is 2.99. The predicted octanol–water partition coefficient (Wildman–Crippen LogP) is 2.47. The van der Waals surface area contributed by atoms with E-state index < -0.39 is 0 Å². The number of rotatable bonds is 6. The summed E-state index contributed by atoms with van der Waals surface area (Å²) in [4.78, 5) is 13.5. The lowest BCUT2D eigenvalue weighted by Crippen LogP contribution is -2.48. The van der Waals surface area contributed by atoms with Gasteiger partial charge in [-0.3, -0.25) is 9.89 Å². The Morgan fingerprint density at radius 2 is 2.04 bits per heavy atom. The SMILES string of the molecule is C=C(C)CN1CCC(NC(=NC)NCc2cccc(N(C)C)n2)CC1.I. The van der Waals surface area contributed by atoms with Crippen LogP contribution in [0.3, 0.4) is 0 Å². The van der Waals surface area contributed by atoms with Crippen LogP contribution in [0.5, 0.6) is 0 Å². The highest BCUT2D eigenvalue weighted by atomic mass is 127. The molecule has 1 aliphatic heterocycles. The number of halogens is 1. The van der Waals surface area contributed by atoms with Crippen molar-refractivity contribution in [2.24, 2.45) is 4.99 Å². The normalized spacial score (nSPS) is 15.9. The highest BCUT2D eigenvalue weighted by molar-refractivity contribution is 14.0. The van der Waals surface area contributed by atoms with Crippen LogP contribution in [0.2, 0.25) is 0 Å². The summed E-state index contributed by atoms with van der Waals surface area (Å²) in [6.45, 7) is 9.98. The molecule has 1 aromatic rings. The summed E-state index contributed by atoms with van der Waals surface area (Å²) in [7, 11) is 5.82. The topological polar surface area (TPSA) is 55.8 Å². The molecule has 0 spiro atoms. The number of piperidine rings is 1. The third kappa shape index (κ3) is 7.49. The van der Waals surface area contributed by atoms with Crippen molar-refractivity contribution in [3.8, 4) is 0 Å². The van der Waals surface area contributed by atoms with Gasteiger partial charge < -0.3 is 15.5 Å². The number of guanidine groups is 1. The first-order valence-corrected chi connectivity index (χ1v) is 8.95. The second-order valence-electron chi connectivity index (χ2n) is 6.96. The monoisotopic (exact) mass is 472 g/mol. The molecule has 1 fully saturated rings. The number of aromatic nitrogens is 1. The molecule has 0 aliphatic carbocycles. The third-order valence-electron chi connectivity index (χ3n) is 4.33. The van der Waals surface area contributed by atoms with Crippen molar-refractivity contribution in [2.75, 3.05) is 45.7 Å². The Morgan fingerprint density at radius 1 is 1.35 bits per heavy atom. The average Bonchev–Trinajstić information content (AvgIpc) is 2.59. The Morgan fingerprint density at radius 3 is 2.62 bits per heavy atom. The number of nitrogens with zero attached hydrogens (tertiary/aromatic N) is 4. The highest BCUT2D eigenvalue weighted by Gasteiger charge is 2.19. The first-order valence-electron chi connectivity index (χ1n) is 8.95. The minimum Gasteiger partial charge on any atom is -0.363 e. The van der Waals surface area contributed by atoms with E-state index in [0.717, 1.165) is 49.9 Å². The molecule has 146 valence electrons. The van der Waals surface area contributed by atoms with Gasteiger partial charge in [-0.25, -0.2) is 4.98 Å². The molecule has 1 saturated heterocycles. The quantitative estimate of drug-likeness (QED) is 0.289. The Kier molecular flexibility index (Phi) is 9.93. The van der Waals surface area contributed by atoms with Gasteiger partial charge >= 0.3 is 0 Å². The van der Waals surface area contributed by atoms with Crippen LogP contribution in [-0.4, -0.2) is 62.7 Å². The molecule has 26 heavy (non-hydrogen) atoms. The van der Waals surface area contributed by atoms with Gasteiger partial charge in [-0.1, -0.05) is 18.2 Å². The largest absolute Gasteiger partial charge is 0.363 e. The molecule has 2 heterocycles. The molecule has 2 rings (SSSR count). The zero-order valence-corrected chi connectivity index (χ0v) is 18.8. The van der Waals surface area contributed by atoms with Crippen molar-refractivity contribution in [2.45, 2.75) is 32.4 Å². The van der Waals surface area contributed by atoms with Gasteiger partial charge in [0, 0.05) is 46.8 Å². The van der Waals surface area contributed by atoms with Gasteiger partial charge in [0.25, 0.3) is 0 Å². The molecule has 0 saturated carbocycles. The smallest absolute Gasteiger partial charge is 0.191 e. The number of aliphatic imine (C=N–C) groups is 1. The average molecular weight is 472 g/mol. The van der Waals surface area contributed by atoms with Gasteiger partial charge in [-0.2, -0.15) is 0 Å². The van der Waals surface area contributed by atoms with Crippen LogP contribution in [0, 0.1) is 0 Å². The van der Waals surface area contributed by atoms with Crippen molar-refractivity contribution in [3.05, 3.63) is 36.0 Å². The van der Waals surface area contributed by atoms with Gasteiger partial charge in [-0.05, 0) is 31.9 Å². The molecule has 0 radical (unpaired) electrons. The lowest BCUT2D eigenvalue weighted by Gasteiger charge is -2.33. The number of nitrogens with one attached hydrogen (secondary N) is 2. The first-order chi connectivity index (χ1) is 12.0.